The molecule has 0 unspecified atom stereocenters. The Hall–Kier alpha value is 0.0500. The summed E-state index contributed by atoms with van der Waals surface area (Å²) in [7, 11) is 0.512. The van der Waals surface area contributed by atoms with Crippen molar-refractivity contribution in [3.8, 4) is 0 Å². The van der Waals surface area contributed by atoms with E-state index in [2.05, 4.69) is 52.7 Å². The predicted molar refractivity (Wildman–Crippen MR) is 57.1 cm³/mol. The molecular weight excluding hydrogens is 220 g/mol. The minimum atomic E-state index is 0.512. The van der Waals surface area contributed by atoms with Gasteiger partial charge < -0.3 is 0 Å². The van der Waals surface area contributed by atoms with Crippen LogP contribution in [0.1, 0.15) is 5.56 Å². The Kier molecular flexibility index (Phi) is 3.46. The molecule has 0 amide bonds. The first-order valence-electron chi connectivity index (χ1n) is 3.47. The maximum absolute atomic E-state index is 3.41. The fourth-order valence-electron chi connectivity index (χ4n) is 0.914. The zero-order valence-electron chi connectivity index (χ0n) is 6.80. The van der Waals surface area contributed by atoms with Crippen molar-refractivity contribution >= 4 is 26.8 Å². The molecule has 0 atom stereocenters. The lowest BCUT2D eigenvalue weighted by atomic mass is 10.2. The van der Waals surface area contributed by atoms with Crippen LogP contribution in [0.3, 0.4) is 0 Å². The molecule has 0 aliphatic rings. The lowest BCUT2D eigenvalue weighted by Gasteiger charge is -1.97. The zero-order chi connectivity index (χ0) is 8.27. The van der Waals surface area contributed by atoms with Crippen molar-refractivity contribution in [3.63, 3.8) is 0 Å². The molecule has 1 rings (SSSR count). The van der Waals surface area contributed by atoms with Gasteiger partial charge in [0, 0.05) is 10.0 Å². The fraction of sp³-hybridized carbons (Fsp3) is 0.333. The Labute approximate surface area is 79.5 Å². The zero-order valence-corrected chi connectivity index (χ0v) is 9.21. The minimum absolute atomic E-state index is 0.512. The van der Waals surface area contributed by atoms with E-state index in [1.54, 1.807) is 0 Å². The van der Waals surface area contributed by atoms with E-state index >= 15 is 0 Å². The summed E-state index contributed by atoms with van der Waals surface area (Å²) in [6.07, 6.45) is 4.53. The van der Waals surface area contributed by atoms with E-state index in [-0.39, 0.29) is 0 Å². The van der Waals surface area contributed by atoms with Crippen molar-refractivity contribution in [3.05, 3.63) is 34.3 Å². The number of halogens is 1. The maximum Gasteiger partial charge on any atom is 0.132 e. The van der Waals surface area contributed by atoms with Crippen LogP contribution < -0.4 is 0 Å². The van der Waals surface area contributed by atoms with E-state index in [0.717, 1.165) is 4.47 Å². The lowest BCUT2D eigenvalue weighted by Crippen LogP contribution is -1.98. The Balaban J connectivity index is 2.66. The molecule has 2 heteroatoms. The SMILES string of the molecule is C[S+](C)Cc1ccc(Br)cc1. The summed E-state index contributed by atoms with van der Waals surface area (Å²) in [6.45, 7) is 0. The first-order valence-corrected chi connectivity index (χ1v) is 6.47. The molecule has 0 radical (unpaired) electrons. The van der Waals surface area contributed by atoms with Gasteiger partial charge >= 0.3 is 0 Å². The molecule has 0 bridgehead atoms. The predicted octanol–water partition coefficient (Wildman–Crippen LogP) is 2.83. The van der Waals surface area contributed by atoms with Crippen molar-refractivity contribution in [1.82, 2.24) is 0 Å². The van der Waals surface area contributed by atoms with Crippen molar-refractivity contribution in [2.45, 2.75) is 5.75 Å². The monoisotopic (exact) mass is 231 g/mol. The van der Waals surface area contributed by atoms with Gasteiger partial charge in [-0.3, -0.25) is 0 Å². The van der Waals surface area contributed by atoms with Crippen LogP contribution in [0.15, 0.2) is 28.7 Å². The third-order valence-corrected chi connectivity index (χ3v) is 2.81. The van der Waals surface area contributed by atoms with E-state index in [1.807, 2.05) is 0 Å². The van der Waals surface area contributed by atoms with Gasteiger partial charge in [-0.1, -0.05) is 28.1 Å². The highest BCUT2D eigenvalue weighted by atomic mass is 79.9. The fourth-order valence-corrected chi connectivity index (χ4v) is 2.04. The Bertz CT molecular complexity index is 216. The van der Waals surface area contributed by atoms with Crippen molar-refractivity contribution in [2.75, 3.05) is 12.5 Å². The van der Waals surface area contributed by atoms with Crippen LogP contribution >= 0.6 is 15.9 Å². The van der Waals surface area contributed by atoms with Crippen LogP contribution in [0.25, 0.3) is 0 Å². The maximum atomic E-state index is 3.41. The number of hydrogen-bond acceptors (Lipinski definition) is 0. The second kappa shape index (κ2) is 4.17. The first kappa shape index (κ1) is 9.14. The lowest BCUT2D eigenvalue weighted by molar-refractivity contribution is 1.39. The van der Waals surface area contributed by atoms with Crippen molar-refractivity contribution in [1.29, 1.82) is 0 Å². The van der Waals surface area contributed by atoms with Gasteiger partial charge in [0.15, 0.2) is 0 Å². The summed E-state index contributed by atoms with van der Waals surface area (Å²) in [5, 5.41) is 0. The summed E-state index contributed by atoms with van der Waals surface area (Å²) >= 11 is 3.41. The summed E-state index contributed by atoms with van der Waals surface area (Å²) < 4.78 is 1.16. The van der Waals surface area contributed by atoms with Gasteiger partial charge in [-0.15, -0.1) is 0 Å². The molecule has 1 aromatic carbocycles. The molecule has 60 valence electrons. The molecule has 0 aliphatic heterocycles. The molecular formula is C9H12BrS+. The summed E-state index contributed by atoms with van der Waals surface area (Å²) in [6, 6.07) is 8.55. The Morgan fingerprint density at radius 2 is 1.73 bits per heavy atom. The Morgan fingerprint density at radius 1 is 1.18 bits per heavy atom. The highest BCUT2D eigenvalue weighted by Gasteiger charge is 2.03. The largest absolute Gasteiger partial charge is 0.132 e. The van der Waals surface area contributed by atoms with Gasteiger partial charge in [-0.25, -0.2) is 0 Å². The van der Waals surface area contributed by atoms with E-state index in [1.165, 1.54) is 11.3 Å². The number of hydrogen-bond donors (Lipinski definition) is 0. The first-order chi connectivity index (χ1) is 5.18. The Morgan fingerprint density at radius 3 is 2.18 bits per heavy atom. The standard InChI is InChI=1S/C9H12BrS/c1-11(2)7-8-3-5-9(10)6-4-8/h3-6H,7H2,1-2H3/q+1. The molecule has 0 fully saturated rings. The third kappa shape index (κ3) is 3.30. The van der Waals surface area contributed by atoms with Gasteiger partial charge in [0.25, 0.3) is 0 Å². The smallest absolute Gasteiger partial charge is 0.0532 e. The minimum Gasteiger partial charge on any atom is -0.0532 e. The van der Waals surface area contributed by atoms with Gasteiger partial charge in [-0.05, 0) is 23.0 Å². The van der Waals surface area contributed by atoms with E-state index < -0.39 is 0 Å². The van der Waals surface area contributed by atoms with E-state index in [4.69, 9.17) is 0 Å². The molecule has 0 aromatic heterocycles. The van der Waals surface area contributed by atoms with Crippen LogP contribution in [-0.2, 0) is 16.6 Å². The summed E-state index contributed by atoms with van der Waals surface area (Å²) in [4.78, 5) is 0. The van der Waals surface area contributed by atoms with Crippen molar-refractivity contribution in [2.24, 2.45) is 0 Å². The second-order valence-corrected chi connectivity index (χ2v) is 5.93. The van der Waals surface area contributed by atoms with Gasteiger partial charge in [0.2, 0.25) is 0 Å². The molecule has 0 saturated heterocycles. The summed E-state index contributed by atoms with van der Waals surface area (Å²) in [5.74, 6) is 1.20. The van der Waals surface area contributed by atoms with Crippen LogP contribution in [-0.4, -0.2) is 12.5 Å². The molecule has 11 heavy (non-hydrogen) atoms. The molecule has 0 saturated carbocycles. The molecule has 0 heterocycles. The molecule has 0 aliphatic carbocycles. The average Bonchev–Trinajstić information content (AvgIpc) is 1.93. The van der Waals surface area contributed by atoms with Crippen LogP contribution in [0.2, 0.25) is 0 Å². The summed E-state index contributed by atoms with van der Waals surface area (Å²) in [5.41, 5.74) is 1.43. The second-order valence-electron chi connectivity index (χ2n) is 2.76. The highest BCUT2D eigenvalue weighted by Crippen LogP contribution is 2.12. The molecule has 1 aromatic rings. The van der Waals surface area contributed by atoms with Crippen LogP contribution in [0, 0.1) is 0 Å². The van der Waals surface area contributed by atoms with Gasteiger partial charge in [0.05, 0.1) is 12.5 Å². The van der Waals surface area contributed by atoms with Crippen LogP contribution in [0.5, 0.6) is 0 Å². The van der Waals surface area contributed by atoms with Gasteiger partial charge in [-0.2, -0.15) is 0 Å². The highest BCUT2D eigenvalue weighted by molar-refractivity contribution is 9.10. The third-order valence-electron chi connectivity index (χ3n) is 1.37. The topological polar surface area (TPSA) is 0 Å². The van der Waals surface area contributed by atoms with Crippen LogP contribution in [0.4, 0.5) is 0 Å². The van der Waals surface area contributed by atoms with E-state index in [9.17, 15) is 0 Å². The number of rotatable bonds is 2. The average molecular weight is 232 g/mol. The molecule has 0 N–H and O–H groups in total. The van der Waals surface area contributed by atoms with Gasteiger partial charge in [0.1, 0.15) is 5.75 Å². The number of benzene rings is 1. The molecule has 0 nitrogen and oxygen atoms in total. The van der Waals surface area contributed by atoms with E-state index in [0.29, 0.717) is 10.9 Å². The normalized spacial score (nSPS) is 10.5. The quantitative estimate of drug-likeness (QED) is 0.688. The molecule has 0 spiro atoms. The van der Waals surface area contributed by atoms with Crippen molar-refractivity contribution < 1.29 is 0 Å².